The Morgan fingerprint density at radius 2 is 1.60 bits per heavy atom. The number of hydrogen-bond donors (Lipinski definition) is 1. The van der Waals surface area contributed by atoms with Gasteiger partial charge >= 0.3 is 0 Å². The predicted molar refractivity (Wildman–Crippen MR) is 160 cm³/mol. The number of benzene rings is 3. The maximum atomic E-state index is 14.7. The van der Waals surface area contributed by atoms with Crippen LogP contribution >= 0.6 is 11.6 Å². The minimum Gasteiger partial charge on any atom is -0.493 e. The fourth-order valence-electron chi connectivity index (χ4n) is 4.09. The van der Waals surface area contributed by atoms with Crippen molar-refractivity contribution in [3.8, 4) is 11.5 Å². The number of carbonyl (C=O) groups is 2. The van der Waals surface area contributed by atoms with E-state index >= 15 is 0 Å². The molecule has 0 aliphatic carbocycles. The van der Waals surface area contributed by atoms with E-state index < -0.39 is 40.2 Å². The van der Waals surface area contributed by atoms with E-state index in [0.717, 1.165) is 4.31 Å². The molecular formula is C30H35ClFN3O6S. The van der Waals surface area contributed by atoms with Gasteiger partial charge in [-0.3, -0.25) is 13.9 Å². The number of sulfonamides is 1. The molecule has 3 rings (SSSR count). The lowest BCUT2D eigenvalue weighted by atomic mass is 10.1. The quantitative estimate of drug-likeness (QED) is 0.292. The minimum absolute atomic E-state index is 0.156. The van der Waals surface area contributed by atoms with E-state index in [1.165, 1.54) is 86.7 Å². The van der Waals surface area contributed by atoms with Crippen molar-refractivity contribution in [2.45, 2.75) is 38.3 Å². The van der Waals surface area contributed by atoms with Gasteiger partial charge in [0.25, 0.3) is 10.0 Å². The Kier molecular flexibility index (Phi) is 11.2. The second kappa shape index (κ2) is 14.4. The average Bonchev–Trinajstić information content (AvgIpc) is 2.97. The molecule has 0 saturated carbocycles. The number of rotatable bonds is 13. The van der Waals surface area contributed by atoms with Crippen LogP contribution in [0.4, 0.5) is 10.1 Å². The third-order valence-corrected chi connectivity index (χ3v) is 8.51. The SMILES string of the molecule is COc1ccc(S(=O)(=O)N(CC(=O)N(Cc2ccccc2F)C(C)C(=O)NCC(C)C)c2ccc(Cl)cc2)cc1OC. The van der Waals surface area contributed by atoms with Crippen molar-refractivity contribution in [2.75, 3.05) is 31.6 Å². The summed E-state index contributed by atoms with van der Waals surface area (Å²) in [5.74, 6) is -1.07. The summed E-state index contributed by atoms with van der Waals surface area (Å²) in [5.41, 5.74) is 0.334. The van der Waals surface area contributed by atoms with E-state index in [1.807, 2.05) is 13.8 Å². The van der Waals surface area contributed by atoms with Crippen molar-refractivity contribution in [3.05, 3.63) is 83.1 Å². The average molecular weight is 620 g/mol. The second-order valence-corrected chi connectivity index (χ2v) is 12.2. The van der Waals surface area contributed by atoms with Crippen LogP contribution in [0.15, 0.2) is 71.6 Å². The van der Waals surface area contributed by atoms with E-state index in [2.05, 4.69) is 5.32 Å². The summed E-state index contributed by atoms with van der Waals surface area (Å²) in [6, 6.07) is 14.9. The van der Waals surface area contributed by atoms with Crippen LogP contribution in [-0.2, 0) is 26.2 Å². The van der Waals surface area contributed by atoms with Crippen LogP contribution < -0.4 is 19.1 Å². The Morgan fingerprint density at radius 3 is 2.19 bits per heavy atom. The maximum Gasteiger partial charge on any atom is 0.264 e. The number of carbonyl (C=O) groups excluding carboxylic acids is 2. The summed E-state index contributed by atoms with van der Waals surface area (Å²) in [5, 5.41) is 3.16. The molecule has 1 atom stereocenters. The third-order valence-electron chi connectivity index (χ3n) is 6.49. The Hall–Kier alpha value is -3.83. The summed E-state index contributed by atoms with van der Waals surface area (Å²) >= 11 is 6.06. The van der Waals surface area contributed by atoms with Crippen molar-refractivity contribution in [1.82, 2.24) is 10.2 Å². The molecule has 0 bridgehead atoms. The van der Waals surface area contributed by atoms with Gasteiger partial charge in [-0.1, -0.05) is 43.6 Å². The van der Waals surface area contributed by atoms with E-state index in [0.29, 0.717) is 17.3 Å². The van der Waals surface area contributed by atoms with E-state index in [-0.39, 0.29) is 34.4 Å². The van der Waals surface area contributed by atoms with Crippen LogP contribution in [0.25, 0.3) is 0 Å². The molecule has 0 aromatic heterocycles. The van der Waals surface area contributed by atoms with E-state index in [9.17, 15) is 22.4 Å². The van der Waals surface area contributed by atoms with Crippen LogP contribution in [0.1, 0.15) is 26.3 Å². The summed E-state index contributed by atoms with van der Waals surface area (Å²) in [6.45, 7) is 4.80. The van der Waals surface area contributed by atoms with Gasteiger partial charge in [-0.05, 0) is 55.3 Å². The first-order chi connectivity index (χ1) is 19.9. The standard InChI is InChI=1S/C30H35ClFN3O6S/c1-20(2)17-33-30(37)21(3)34(18-22-8-6-7-9-26(22)32)29(36)19-35(24-12-10-23(31)11-13-24)42(38,39)25-14-15-27(40-4)28(16-25)41-5/h6-16,20-21H,17-19H2,1-5H3,(H,33,37). The monoisotopic (exact) mass is 619 g/mol. The lowest BCUT2D eigenvalue weighted by molar-refractivity contribution is -0.139. The molecule has 0 heterocycles. The lowest BCUT2D eigenvalue weighted by Crippen LogP contribution is -2.51. The Bertz CT molecular complexity index is 1500. The topological polar surface area (TPSA) is 105 Å². The van der Waals surface area contributed by atoms with Crippen LogP contribution in [0.3, 0.4) is 0 Å². The number of methoxy groups -OCH3 is 2. The molecule has 1 unspecified atom stereocenters. The molecule has 0 aliphatic rings. The van der Waals surface area contributed by atoms with Crippen LogP contribution in [0.5, 0.6) is 11.5 Å². The molecule has 0 radical (unpaired) electrons. The molecule has 42 heavy (non-hydrogen) atoms. The first kappa shape index (κ1) is 32.7. The molecule has 226 valence electrons. The zero-order valence-electron chi connectivity index (χ0n) is 24.1. The molecule has 2 amide bonds. The predicted octanol–water partition coefficient (Wildman–Crippen LogP) is 4.88. The van der Waals surface area contributed by atoms with Crippen molar-refractivity contribution in [2.24, 2.45) is 5.92 Å². The first-order valence-electron chi connectivity index (χ1n) is 13.2. The van der Waals surface area contributed by atoms with Gasteiger partial charge in [0, 0.05) is 29.7 Å². The van der Waals surface area contributed by atoms with Crippen LogP contribution in [-0.4, -0.2) is 58.5 Å². The van der Waals surface area contributed by atoms with Crippen molar-refractivity contribution < 1.29 is 31.9 Å². The zero-order chi connectivity index (χ0) is 31.0. The number of amides is 2. The Morgan fingerprint density at radius 1 is 0.952 bits per heavy atom. The van der Waals surface area contributed by atoms with Crippen molar-refractivity contribution in [1.29, 1.82) is 0 Å². The summed E-state index contributed by atoms with van der Waals surface area (Å²) < 4.78 is 54.1. The van der Waals surface area contributed by atoms with Crippen LogP contribution in [0, 0.1) is 11.7 Å². The Labute approximate surface area is 251 Å². The zero-order valence-corrected chi connectivity index (χ0v) is 25.7. The highest BCUT2D eigenvalue weighted by molar-refractivity contribution is 7.92. The molecule has 0 aliphatic heterocycles. The summed E-state index contributed by atoms with van der Waals surface area (Å²) in [6.07, 6.45) is 0. The molecule has 0 saturated heterocycles. The van der Waals surface area contributed by atoms with Crippen molar-refractivity contribution >= 4 is 39.1 Å². The number of nitrogens with one attached hydrogen (secondary N) is 1. The van der Waals surface area contributed by atoms with Gasteiger partial charge in [0.05, 0.1) is 24.8 Å². The van der Waals surface area contributed by atoms with Gasteiger partial charge in [0.15, 0.2) is 11.5 Å². The van der Waals surface area contributed by atoms with Crippen LogP contribution in [0.2, 0.25) is 5.02 Å². The van der Waals surface area contributed by atoms with Gasteiger partial charge in [0.2, 0.25) is 11.8 Å². The molecule has 12 heteroatoms. The number of nitrogens with zero attached hydrogens (tertiary/aromatic N) is 2. The van der Waals surface area contributed by atoms with Gasteiger partial charge in [-0.25, -0.2) is 12.8 Å². The fraction of sp³-hybridized carbons (Fsp3) is 0.333. The number of anilines is 1. The second-order valence-electron chi connectivity index (χ2n) is 9.93. The highest BCUT2D eigenvalue weighted by Gasteiger charge is 2.33. The number of ether oxygens (including phenoxy) is 2. The molecule has 1 N–H and O–H groups in total. The molecule has 9 nitrogen and oxygen atoms in total. The third kappa shape index (κ3) is 7.92. The van der Waals surface area contributed by atoms with Gasteiger partial charge in [-0.15, -0.1) is 0 Å². The summed E-state index contributed by atoms with van der Waals surface area (Å²) in [7, 11) is -1.57. The van der Waals surface area contributed by atoms with Gasteiger partial charge in [-0.2, -0.15) is 0 Å². The smallest absolute Gasteiger partial charge is 0.264 e. The summed E-state index contributed by atoms with van der Waals surface area (Å²) in [4.78, 5) is 28.0. The normalized spacial score (nSPS) is 12.0. The van der Waals surface area contributed by atoms with Gasteiger partial charge in [0.1, 0.15) is 18.4 Å². The number of halogens is 2. The van der Waals surface area contributed by atoms with E-state index in [4.69, 9.17) is 21.1 Å². The molecular weight excluding hydrogens is 585 g/mol. The molecule has 0 spiro atoms. The molecule has 0 fully saturated rings. The lowest BCUT2D eigenvalue weighted by Gasteiger charge is -2.32. The molecule has 3 aromatic rings. The maximum absolute atomic E-state index is 14.7. The first-order valence-corrected chi connectivity index (χ1v) is 15.0. The molecule has 3 aromatic carbocycles. The van der Waals surface area contributed by atoms with Gasteiger partial charge < -0.3 is 19.7 Å². The fourth-order valence-corrected chi connectivity index (χ4v) is 5.64. The van der Waals surface area contributed by atoms with E-state index in [1.54, 1.807) is 6.07 Å². The largest absolute Gasteiger partial charge is 0.493 e. The highest BCUT2D eigenvalue weighted by Crippen LogP contribution is 2.32. The highest BCUT2D eigenvalue weighted by atomic mass is 35.5. The minimum atomic E-state index is -4.37. The number of hydrogen-bond acceptors (Lipinski definition) is 6. The van der Waals surface area contributed by atoms with Crippen molar-refractivity contribution in [3.63, 3.8) is 0 Å². The Balaban J connectivity index is 2.06.